The summed E-state index contributed by atoms with van der Waals surface area (Å²) in [4.78, 5) is 23.8. The molecule has 0 radical (unpaired) electrons. The minimum absolute atomic E-state index is 0.0220. The van der Waals surface area contributed by atoms with E-state index in [1.54, 1.807) is 7.11 Å². The molecule has 4 aromatic rings. The van der Waals surface area contributed by atoms with E-state index in [9.17, 15) is 4.79 Å². The van der Waals surface area contributed by atoms with Crippen LogP contribution in [0.5, 0.6) is 10.9 Å². The number of carbonyl (C=O) groups is 1. The van der Waals surface area contributed by atoms with Crippen LogP contribution in [0.3, 0.4) is 0 Å². The van der Waals surface area contributed by atoms with Crippen molar-refractivity contribution in [1.29, 1.82) is 0 Å². The van der Waals surface area contributed by atoms with Crippen molar-refractivity contribution in [2.24, 2.45) is 0 Å². The summed E-state index contributed by atoms with van der Waals surface area (Å²) < 4.78 is 12.4. The summed E-state index contributed by atoms with van der Waals surface area (Å²) in [5.41, 5.74) is 2.24. The van der Waals surface area contributed by atoms with E-state index in [-0.39, 0.29) is 12.0 Å². The maximum Gasteiger partial charge on any atom is 0.274 e. The van der Waals surface area contributed by atoms with Crippen molar-refractivity contribution in [3.05, 3.63) is 60.3 Å². The molecular formula is C23H21N3O3S. The molecule has 6 nitrogen and oxygen atoms in total. The van der Waals surface area contributed by atoms with Gasteiger partial charge in [0.15, 0.2) is 0 Å². The molecule has 5 rings (SSSR count). The predicted octanol–water partition coefficient (Wildman–Crippen LogP) is 4.54. The molecule has 0 aliphatic carbocycles. The molecular weight excluding hydrogens is 398 g/mol. The molecule has 0 atom stereocenters. The largest absolute Gasteiger partial charge is 0.497 e. The molecule has 0 unspecified atom stereocenters. The Morgan fingerprint density at radius 2 is 1.87 bits per heavy atom. The summed E-state index contributed by atoms with van der Waals surface area (Å²) in [6, 6.07) is 17.4. The Kier molecular flexibility index (Phi) is 4.96. The van der Waals surface area contributed by atoms with Crippen LogP contribution in [0.15, 0.2) is 54.6 Å². The van der Waals surface area contributed by atoms with Gasteiger partial charge in [-0.15, -0.1) is 0 Å². The van der Waals surface area contributed by atoms with Crippen molar-refractivity contribution in [3.8, 4) is 10.9 Å². The van der Waals surface area contributed by atoms with Crippen LogP contribution < -0.4 is 9.47 Å². The van der Waals surface area contributed by atoms with E-state index < -0.39 is 0 Å². The van der Waals surface area contributed by atoms with Gasteiger partial charge in [0.1, 0.15) is 17.5 Å². The number of hydrogen-bond donors (Lipinski definition) is 0. The number of hydrogen-bond acceptors (Lipinski definition) is 6. The molecule has 2 aromatic carbocycles. The average Bonchev–Trinajstić information content (AvgIpc) is 3.20. The van der Waals surface area contributed by atoms with E-state index in [2.05, 4.69) is 9.97 Å². The van der Waals surface area contributed by atoms with Crippen molar-refractivity contribution in [2.45, 2.75) is 18.9 Å². The lowest BCUT2D eigenvalue weighted by Gasteiger charge is -2.31. The third-order valence-electron chi connectivity index (χ3n) is 5.39. The van der Waals surface area contributed by atoms with Crippen LogP contribution in [0.2, 0.25) is 0 Å². The van der Waals surface area contributed by atoms with Gasteiger partial charge in [-0.05, 0) is 30.3 Å². The zero-order valence-corrected chi connectivity index (χ0v) is 17.4. The van der Waals surface area contributed by atoms with Gasteiger partial charge in [0, 0.05) is 31.3 Å². The van der Waals surface area contributed by atoms with Crippen LogP contribution in [0.25, 0.3) is 21.1 Å². The Hall–Kier alpha value is -3.19. The van der Waals surface area contributed by atoms with Crippen LogP contribution in [-0.4, -0.2) is 47.1 Å². The highest BCUT2D eigenvalue weighted by Crippen LogP contribution is 2.32. The first-order chi connectivity index (χ1) is 14.7. The molecule has 0 spiro atoms. The lowest BCUT2D eigenvalue weighted by Crippen LogP contribution is -2.42. The minimum Gasteiger partial charge on any atom is -0.497 e. The van der Waals surface area contributed by atoms with E-state index in [1.165, 1.54) is 11.3 Å². The van der Waals surface area contributed by atoms with Crippen molar-refractivity contribution in [2.75, 3.05) is 20.2 Å². The van der Waals surface area contributed by atoms with Crippen LogP contribution in [-0.2, 0) is 0 Å². The second-order valence-corrected chi connectivity index (χ2v) is 8.31. The number of fused-ring (bicyclic) bond motifs is 2. The third kappa shape index (κ3) is 3.68. The monoisotopic (exact) mass is 419 g/mol. The van der Waals surface area contributed by atoms with E-state index in [1.807, 2.05) is 59.5 Å². The third-order valence-corrected chi connectivity index (χ3v) is 6.30. The van der Waals surface area contributed by atoms with Crippen LogP contribution >= 0.6 is 11.3 Å². The first-order valence-electron chi connectivity index (χ1n) is 9.96. The standard InChI is InChI=1S/C23H21N3O3S/c1-28-17-7-9-19-21(14-17)30-23(25-19)29-16-10-12-26(13-11-16)22(27)20-8-6-15-4-2-3-5-18(15)24-20/h2-9,14,16H,10-13H2,1H3. The molecule has 152 valence electrons. The first kappa shape index (κ1) is 18.8. The summed E-state index contributed by atoms with van der Waals surface area (Å²) in [5, 5.41) is 1.70. The molecule has 1 fully saturated rings. The quantitative estimate of drug-likeness (QED) is 0.486. The van der Waals surface area contributed by atoms with Gasteiger partial charge in [-0.25, -0.2) is 9.97 Å². The van der Waals surface area contributed by atoms with Crippen LogP contribution in [0.1, 0.15) is 23.3 Å². The van der Waals surface area contributed by atoms with Gasteiger partial charge in [-0.1, -0.05) is 35.6 Å². The Bertz CT molecular complexity index is 1210. The number of para-hydroxylation sites is 1. The maximum absolute atomic E-state index is 12.9. The predicted molar refractivity (Wildman–Crippen MR) is 117 cm³/mol. The zero-order valence-electron chi connectivity index (χ0n) is 16.6. The molecule has 1 saturated heterocycles. The molecule has 3 heterocycles. The molecule has 1 aliphatic heterocycles. The number of aromatic nitrogens is 2. The number of nitrogens with zero attached hydrogens (tertiary/aromatic N) is 3. The Morgan fingerprint density at radius 1 is 1.03 bits per heavy atom. The number of likely N-dealkylation sites (tertiary alicyclic amines) is 1. The normalized spacial score (nSPS) is 14.9. The zero-order chi connectivity index (χ0) is 20.5. The van der Waals surface area contributed by atoms with Crippen molar-refractivity contribution < 1.29 is 14.3 Å². The number of piperidine rings is 1. The Labute approximate surface area is 178 Å². The van der Waals surface area contributed by atoms with Gasteiger partial charge in [0.2, 0.25) is 0 Å². The molecule has 0 saturated carbocycles. The molecule has 2 aromatic heterocycles. The lowest BCUT2D eigenvalue weighted by atomic mass is 10.1. The summed E-state index contributed by atoms with van der Waals surface area (Å²) in [6.45, 7) is 1.30. The summed E-state index contributed by atoms with van der Waals surface area (Å²) in [7, 11) is 1.65. The Morgan fingerprint density at radius 3 is 2.70 bits per heavy atom. The van der Waals surface area contributed by atoms with Crippen LogP contribution in [0, 0.1) is 0 Å². The molecule has 30 heavy (non-hydrogen) atoms. The molecule has 7 heteroatoms. The summed E-state index contributed by atoms with van der Waals surface area (Å²) >= 11 is 1.52. The number of thiazole rings is 1. The number of carbonyl (C=O) groups excluding carboxylic acids is 1. The molecule has 1 aliphatic rings. The number of methoxy groups -OCH3 is 1. The number of rotatable bonds is 4. The van der Waals surface area contributed by atoms with Gasteiger partial charge in [-0.2, -0.15) is 0 Å². The molecule has 1 amide bonds. The van der Waals surface area contributed by atoms with E-state index in [0.29, 0.717) is 24.0 Å². The van der Waals surface area contributed by atoms with Crippen LogP contribution in [0.4, 0.5) is 0 Å². The van der Waals surface area contributed by atoms with Crippen molar-refractivity contribution in [3.63, 3.8) is 0 Å². The minimum atomic E-state index is -0.0220. The summed E-state index contributed by atoms with van der Waals surface area (Å²) in [6.07, 6.45) is 1.61. The second-order valence-electron chi connectivity index (χ2n) is 7.31. The Balaban J connectivity index is 1.23. The van der Waals surface area contributed by atoms with Gasteiger partial charge in [-0.3, -0.25) is 4.79 Å². The number of ether oxygens (including phenoxy) is 2. The maximum atomic E-state index is 12.9. The lowest BCUT2D eigenvalue weighted by molar-refractivity contribution is 0.0590. The highest BCUT2D eigenvalue weighted by atomic mass is 32.1. The SMILES string of the molecule is COc1ccc2nc(OC3CCN(C(=O)c4ccc5ccccc5n4)CC3)sc2c1. The number of amides is 1. The fourth-order valence-electron chi connectivity index (χ4n) is 3.73. The topological polar surface area (TPSA) is 64.6 Å². The number of pyridine rings is 1. The van der Waals surface area contributed by atoms with E-state index in [0.717, 1.165) is 39.7 Å². The smallest absolute Gasteiger partial charge is 0.274 e. The average molecular weight is 420 g/mol. The number of benzene rings is 2. The van der Waals surface area contributed by atoms with Gasteiger partial charge >= 0.3 is 0 Å². The highest BCUT2D eigenvalue weighted by Gasteiger charge is 2.26. The van der Waals surface area contributed by atoms with Gasteiger partial charge in [0.05, 0.1) is 22.8 Å². The fraction of sp³-hybridized carbons (Fsp3) is 0.261. The van der Waals surface area contributed by atoms with Gasteiger partial charge in [0.25, 0.3) is 11.1 Å². The highest BCUT2D eigenvalue weighted by molar-refractivity contribution is 7.20. The van der Waals surface area contributed by atoms with Crippen molar-refractivity contribution >= 4 is 38.4 Å². The second kappa shape index (κ2) is 7.91. The fourth-order valence-corrected chi connectivity index (χ4v) is 4.64. The van der Waals surface area contributed by atoms with Crippen molar-refractivity contribution in [1.82, 2.24) is 14.9 Å². The molecule has 0 N–H and O–H groups in total. The molecule has 0 bridgehead atoms. The first-order valence-corrected chi connectivity index (χ1v) is 10.8. The van der Waals surface area contributed by atoms with Gasteiger partial charge < -0.3 is 14.4 Å². The summed E-state index contributed by atoms with van der Waals surface area (Å²) in [5.74, 6) is 0.790. The van der Waals surface area contributed by atoms with E-state index >= 15 is 0 Å². The van der Waals surface area contributed by atoms with E-state index in [4.69, 9.17) is 9.47 Å².